The molecule has 0 aromatic heterocycles. The smallest absolute Gasteiger partial charge is 0.175 e. The Hall–Kier alpha value is -1.07. The van der Waals surface area contributed by atoms with Crippen molar-refractivity contribution < 1.29 is 8.42 Å². The van der Waals surface area contributed by atoms with Gasteiger partial charge in [-0.15, -0.1) is 0 Å². The second-order valence-electron chi connectivity index (χ2n) is 5.87. The lowest BCUT2D eigenvalue weighted by molar-refractivity contribution is 0.208. The zero-order chi connectivity index (χ0) is 14.8. The summed E-state index contributed by atoms with van der Waals surface area (Å²) in [6.45, 7) is 4.46. The van der Waals surface area contributed by atoms with E-state index in [9.17, 15) is 8.42 Å². The van der Waals surface area contributed by atoms with Crippen molar-refractivity contribution in [2.75, 3.05) is 31.7 Å². The molecule has 1 aliphatic heterocycles. The molecule has 1 N–H and O–H groups in total. The first-order valence-electron chi connectivity index (χ1n) is 7.11. The molecule has 5 heteroatoms. The molecule has 1 aromatic carbocycles. The summed E-state index contributed by atoms with van der Waals surface area (Å²) in [5, 5.41) is 3.46. The van der Waals surface area contributed by atoms with Gasteiger partial charge >= 0.3 is 0 Å². The van der Waals surface area contributed by atoms with Crippen LogP contribution in [0.5, 0.6) is 0 Å². The van der Waals surface area contributed by atoms with Crippen LogP contribution in [0.25, 0.3) is 0 Å². The van der Waals surface area contributed by atoms with E-state index in [-0.39, 0.29) is 0 Å². The van der Waals surface area contributed by atoms with E-state index in [1.165, 1.54) is 19.1 Å². The number of nitrogens with one attached hydrogen (secondary N) is 1. The Bertz CT molecular complexity index is 549. The third-order valence-electron chi connectivity index (χ3n) is 4.13. The van der Waals surface area contributed by atoms with Crippen molar-refractivity contribution in [3.8, 4) is 0 Å². The Balaban J connectivity index is 2.03. The van der Waals surface area contributed by atoms with E-state index >= 15 is 0 Å². The topological polar surface area (TPSA) is 49.4 Å². The molecule has 0 bridgehead atoms. The lowest BCUT2D eigenvalue weighted by Crippen LogP contribution is -2.37. The summed E-state index contributed by atoms with van der Waals surface area (Å²) in [7, 11) is -0.983. The highest BCUT2D eigenvalue weighted by molar-refractivity contribution is 7.90. The molecule has 1 unspecified atom stereocenters. The Morgan fingerprint density at radius 2 is 1.95 bits per heavy atom. The van der Waals surface area contributed by atoms with E-state index in [4.69, 9.17) is 0 Å². The largest absolute Gasteiger partial charge is 0.382 e. The molecule has 0 radical (unpaired) electrons. The highest BCUT2D eigenvalue weighted by atomic mass is 32.2. The lowest BCUT2D eigenvalue weighted by atomic mass is 9.90. The van der Waals surface area contributed by atoms with Gasteiger partial charge in [0.05, 0.1) is 4.90 Å². The third-order valence-corrected chi connectivity index (χ3v) is 5.24. The lowest BCUT2D eigenvalue weighted by Gasteiger charge is -2.33. The van der Waals surface area contributed by atoms with E-state index < -0.39 is 9.84 Å². The van der Waals surface area contributed by atoms with Crippen molar-refractivity contribution >= 4 is 15.5 Å². The van der Waals surface area contributed by atoms with Gasteiger partial charge in [-0.25, -0.2) is 8.42 Å². The Morgan fingerprint density at radius 3 is 2.55 bits per heavy atom. The van der Waals surface area contributed by atoms with Crippen LogP contribution in [0.4, 0.5) is 5.69 Å². The fourth-order valence-electron chi connectivity index (χ4n) is 2.73. The molecule has 112 valence electrons. The van der Waals surface area contributed by atoms with Gasteiger partial charge in [-0.3, -0.25) is 0 Å². The van der Waals surface area contributed by atoms with Gasteiger partial charge in [0.1, 0.15) is 0 Å². The third kappa shape index (κ3) is 3.96. The first-order chi connectivity index (χ1) is 9.36. The second-order valence-corrected chi connectivity index (χ2v) is 7.89. The van der Waals surface area contributed by atoms with Gasteiger partial charge in [0.25, 0.3) is 0 Å². The monoisotopic (exact) mass is 296 g/mol. The van der Waals surface area contributed by atoms with Crippen LogP contribution in [0.3, 0.4) is 0 Å². The van der Waals surface area contributed by atoms with E-state index in [1.54, 1.807) is 18.2 Å². The first-order valence-corrected chi connectivity index (χ1v) is 9.00. The number of piperidine rings is 1. The number of nitrogens with zero attached hydrogens (tertiary/aromatic N) is 1. The zero-order valence-electron chi connectivity index (χ0n) is 12.5. The van der Waals surface area contributed by atoms with Gasteiger partial charge in [-0.2, -0.15) is 0 Å². The van der Waals surface area contributed by atoms with Crippen molar-refractivity contribution in [1.29, 1.82) is 0 Å². The summed E-state index contributed by atoms with van der Waals surface area (Å²) in [5.41, 5.74) is 0.888. The van der Waals surface area contributed by atoms with Gasteiger partial charge in [0.15, 0.2) is 9.84 Å². The van der Waals surface area contributed by atoms with Crippen LogP contribution in [-0.4, -0.2) is 45.8 Å². The van der Waals surface area contributed by atoms with Gasteiger partial charge in [0.2, 0.25) is 0 Å². The maximum Gasteiger partial charge on any atom is 0.175 e. The Morgan fingerprint density at radius 1 is 1.30 bits per heavy atom. The molecular weight excluding hydrogens is 272 g/mol. The van der Waals surface area contributed by atoms with Gasteiger partial charge in [-0.05, 0) is 64.0 Å². The summed E-state index contributed by atoms with van der Waals surface area (Å²) < 4.78 is 23.2. The van der Waals surface area contributed by atoms with E-state index in [0.29, 0.717) is 16.9 Å². The molecule has 1 saturated heterocycles. The van der Waals surface area contributed by atoms with Crippen LogP contribution in [0.2, 0.25) is 0 Å². The minimum Gasteiger partial charge on any atom is -0.382 e. The molecule has 0 saturated carbocycles. The Labute approximate surface area is 122 Å². The summed E-state index contributed by atoms with van der Waals surface area (Å²) in [6.07, 6.45) is 3.62. The van der Waals surface area contributed by atoms with E-state index in [1.807, 2.05) is 6.07 Å². The van der Waals surface area contributed by atoms with Crippen molar-refractivity contribution in [1.82, 2.24) is 4.90 Å². The number of rotatable bonds is 4. The summed E-state index contributed by atoms with van der Waals surface area (Å²) in [4.78, 5) is 2.73. The van der Waals surface area contributed by atoms with Crippen LogP contribution >= 0.6 is 0 Å². The average Bonchev–Trinajstić information content (AvgIpc) is 2.38. The second kappa shape index (κ2) is 6.14. The molecule has 2 rings (SSSR count). The van der Waals surface area contributed by atoms with Crippen molar-refractivity contribution in [3.63, 3.8) is 0 Å². The molecule has 1 heterocycles. The molecule has 1 atom stereocenters. The van der Waals surface area contributed by atoms with Crippen LogP contribution < -0.4 is 5.32 Å². The summed E-state index contributed by atoms with van der Waals surface area (Å²) in [5.74, 6) is 0.646. The van der Waals surface area contributed by atoms with Crippen LogP contribution in [0, 0.1) is 5.92 Å². The number of benzene rings is 1. The fourth-order valence-corrected chi connectivity index (χ4v) is 3.39. The van der Waals surface area contributed by atoms with Gasteiger partial charge < -0.3 is 10.2 Å². The molecule has 1 aromatic rings. The zero-order valence-corrected chi connectivity index (χ0v) is 13.3. The standard InChI is InChI=1S/C15H24N2O2S/c1-12(13-7-9-17(2)10-8-13)16-14-5-4-6-15(11-14)20(3,18)19/h4-6,11-13,16H,7-10H2,1-3H3. The van der Waals surface area contributed by atoms with Crippen molar-refractivity contribution in [2.24, 2.45) is 5.92 Å². The number of likely N-dealkylation sites (tertiary alicyclic amines) is 1. The molecule has 0 amide bonds. The molecule has 0 aliphatic carbocycles. The van der Waals surface area contributed by atoms with Gasteiger partial charge in [-0.1, -0.05) is 6.07 Å². The van der Waals surface area contributed by atoms with Crippen LogP contribution in [0.15, 0.2) is 29.2 Å². The highest BCUT2D eigenvalue weighted by Crippen LogP contribution is 2.23. The number of hydrogen-bond acceptors (Lipinski definition) is 4. The highest BCUT2D eigenvalue weighted by Gasteiger charge is 2.22. The number of sulfone groups is 1. The molecular formula is C15H24N2O2S. The predicted octanol–water partition coefficient (Wildman–Crippen LogP) is 2.23. The quantitative estimate of drug-likeness (QED) is 0.925. The summed E-state index contributed by atoms with van der Waals surface area (Å²) >= 11 is 0. The molecule has 20 heavy (non-hydrogen) atoms. The van der Waals surface area contributed by atoms with Crippen molar-refractivity contribution in [3.05, 3.63) is 24.3 Å². The Kier molecular flexibility index (Phi) is 4.70. The first kappa shape index (κ1) is 15.3. The maximum atomic E-state index is 11.6. The predicted molar refractivity (Wildman–Crippen MR) is 82.9 cm³/mol. The van der Waals surface area contributed by atoms with E-state index in [2.05, 4.69) is 24.2 Å². The number of hydrogen-bond donors (Lipinski definition) is 1. The molecule has 1 aliphatic rings. The van der Waals surface area contributed by atoms with Crippen LogP contribution in [-0.2, 0) is 9.84 Å². The fraction of sp³-hybridized carbons (Fsp3) is 0.600. The van der Waals surface area contributed by atoms with E-state index in [0.717, 1.165) is 18.8 Å². The molecule has 1 fully saturated rings. The average molecular weight is 296 g/mol. The summed E-state index contributed by atoms with van der Waals surface area (Å²) in [6, 6.07) is 7.44. The minimum absolute atomic E-state index is 0.360. The molecule has 4 nitrogen and oxygen atoms in total. The SMILES string of the molecule is CC(Nc1cccc(S(C)(=O)=O)c1)C1CCN(C)CC1. The minimum atomic E-state index is -3.14. The number of anilines is 1. The van der Waals surface area contributed by atoms with Gasteiger partial charge in [0, 0.05) is 18.0 Å². The maximum absolute atomic E-state index is 11.6. The van der Waals surface area contributed by atoms with Crippen LogP contribution in [0.1, 0.15) is 19.8 Å². The molecule has 0 spiro atoms. The van der Waals surface area contributed by atoms with Crippen molar-refractivity contribution in [2.45, 2.75) is 30.7 Å². The normalized spacial score (nSPS) is 19.8.